The van der Waals surface area contributed by atoms with E-state index in [1.54, 1.807) is 18.9 Å². The van der Waals surface area contributed by atoms with E-state index in [0.29, 0.717) is 17.9 Å². The third-order valence-electron chi connectivity index (χ3n) is 3.17. The van der Waals surface area contributed by atoms with Crippen molar-refractivity contribution in [1.82, 2.24) is 5.32 Å². The topological polar surface area (TPSA) is 59.6 Å². The van der Waals surface area contributed by atoms with Crippen molar-refractivity contribution in [3.63, 3.8) is 0 Å². The smallest absolute Gasteiger partial charge is 0.188 e. The molecule has 2 unspecified atom stereocenters. The molecule has 0 saturated heterocycles. The van der Waals surface area contributed by atoms with Gasteiger partial charge in [-0.25, -0.2) is 0 Å². The summed E-state index contributed by atoms with van der Waals surface area (Å²) in [6.07, 6.45) is 1.04. The summed E-state index contributed by atoms with van der Waals surface area (Å²) in [5, 5.41) is 3.18. The number of nitrogens with zero attached hydrogens (tertiary/aromatic N) is 1. The maximum atomic E-state index is 5.86. The Morgan fingerprint density at radius 3 is 2.76 bits per heavy atom. The van der Waals surface area contributed by atoms with Gasteiger partial charge < -0.3 is 15.8 Å². The fourth-order valence-electron chi connectivity index (χ4n) is 1.68. The lowest BCUT2D eigenvalue weighted by Crippen LogP contribution is -2.38. The molecule has 0 amide bonds. The number of thioether (sulfide) groups is 1. The van der Waals surface area contributed by atoms with Crippen LogP contribution in [0.4, 0.5) is 0 Å². The van der Waals surface area contributed by atoms with E-state index >= 15 is 0 Å². The van der Waals surface area contributed by atoms with E-state index in [0.717, 1.165) is 24.5 Å². The first-order valence-corrected chi connectivity index (χ1v) is 8.37. The van der Waals surface area contributed by atoms with Crippen LogP contribution < -0.4 is 15.8 Å². The highest BCUT2D eigenvalue weighted by Crippen LogP contribution is 2.29. The number of aliphatic imine (C=N–C) groups is 1. The number of para-hydroxylation sites is 1. The zero-order valence-electron chi connectivity index (χ0n) is 13.4. The Morgan fingerprint density at radius 1 is 1.38 bits per heavy atom. The van der Waals surface area contributed by atoms with Gasteiger partial charge in [0.15, 0.2) is 5.96 Å². The van der Waals surface area contributed by atoms with E-state index in [9.17, 15) is 0 Å². The molecule has 0 aromatic heterocycles. The van der Waals surface area contributed by atoms with Gasteiger partial charge in [0.25, 0.3) is 0 Å². The fraction of sp³-hybridized carbons (Fsp3) is 0.562. The molecule has 0 spiro atoms. The van der Waals surface area contributed by atoms with Crippen LogP contribution >= 0.6 is 11.8 Å². The van der Waals surface area contributed by atoms with Crippen molar-refractivity contribution < 1.29 is 4.74 Å². The lowest BCUT2D eigenvalue weighted by molar-refractivity contribution is 0.405. The number of ether oxygens (including phenoxy) is 1. The van der Waals surface area contributed by atoms with Crippen molar-refractivity contribution in [2.24, 2.45) is 16.6 Å². The predicted octanol–water partition coefficient (Wildman–Crippen LogP) is 3.13. The number of nitrogens with one attached hydrogen (secondary N) is 1. The number of hydrogen-bond acceptors (Lipinski definition) is 3. The van der Waals surface area contributed by atoms with Crippen LogP contribution in [0.25, 0.3) is 0 Å². The molecule has 0 bridgehead atoms. The minimum Gasteiger partial charge on any atom is -0.496 e. The molecule has 118 valence electrons. The second-order valence-corrected chi connectivity index (χ2v) is 6.31. The van der Waals surface area contributed by atoms with Crippen molar-refractivity contribution in [1.29, 1.82) is 0 Å². The summed E-state index contributed by atoms with van der Waals surface area (Å²) in [5.41, 5.74) is 5.86. The van der Waals surface area contributed by atoms with Crippen molar-refractivity contribution in [3.8, 4) is 5.75 Å². The van der Waals surface area contributed by atoms with E-state index in [1.165, 1.54) is 4.90 Å². The maximum Gasteiger partial charge on any atom is 0.188 e. The molecule has 1 aromatic carbocycles. The molecular weight excluding hydrogens is 282 g/mol. The Bertz CT molecular complexity index is 451. The van der Waals surface area contributed by atoms with Crippen molar-refractivity contribution in [3.05, 3.63) is 24.3 Å². The molecule has 3 N–H and O–H groups in total. The van der Waals surface area contributed by atoms with Crippen molar-refractivity contribution in [2.75, 3.05) is 19.4 Å². The van der Waals surface area contributed by atoms with Gasteiger partial charge in [0.2, 0.25) is 0 Å². The molecule has 0 heterocycles. The van der Waals surface area contributed by atoms with E-state index in [1.807, 2.05) is 18.2 Å². The van der Waals surface area contributed by atoms with Gasteiger partial charge in [-0.3, -0.25) is 4.99 Å². The molecule has 1 aromatic rings. The normalized spacial score (nSPS) is 14.6. The van der Waals surface area contributed by atoms with Crippen LogP contribution in [0.5, 0.6) is 5.75 Å². The first-order chi connectivity index (χ1) is 10.1. The second-order valence-electron chi connectivity index (χ2n) is 5.25. The highest BCUT2D eigenvalue weighted by Gasteiger charge is 2.07. The van der Waals surface area contributed by atoms with Crippen molar-refractivity contribution in [2.45, 2.75) is 38.1 Å². The van der Waals surface area contributed by atoms with Gasteiger partial charge in [0.05, 0.1) is 7.11 Å². The minimum absolute atomic E-state index is 0.368. The van der Waals surface area contributed by atoms with Gasteiger partial charge in [-0.15, -0.1) is 11.8 Å². The molecule has 5 heteroatoms. The average Bonchev–Trinajstić information content (AvgIpc) is 2.50. The Kier molecular flexibility index (Phi) is 8.05. The summed E-state index contributed by atoms with van der Waals surface area (Å²) in [6.45, 7) is 7.14. The van der Waals surface area contributed by atoms with Crippen LogP contribution in [0, 0.1) is 5.92 Å². The molecule has 2 atom stereocenters. The van der Waals surface area contributed by atoms with Crippen molar-refractivity contribution >= 4 is 17.7 Å². The largest absolute Gasteiger partial charge is 0.496 e. The van der Waals surface area contributed by atoms with E-state index < -0.39 is 0 Å². The van der Waals surface area contributed by atoms with Gasteiger partial charge in [-0.1, -0.05) is 26.0 Å². The summed E-state index contributed by atoms with van der Waals surface area (Å²) < 4.78 is 5.35. The summed E-state index contributed by atoms with van der Waals surface area (Å²) in [4.78, 5) is 5.57. The zero-order valence-corrected chi connectivity index (χ0v) is 14.2. The van der Waals surface area contributed by atoms with Crippen LogP contribution in [-0.4, -0.2) is 31.4 Å². The van der Waals surface area contributed by atoms with Crippen LogP contribution in [-0.2, 0) is 0 Å². The highest BCUT2D eigenvalue weighted by molar-refractivity contribution is 7.99. The molecule has 0 aliphatic carbocycles. The van der Waals surface area contributed by atoms with Gasteiger partial charge in [-0.05, 0) is 31.4 Å². The summed E-state index contributed by atoms with van der Waals surface area (Å²) in [7, 11) is 1.70. The molecule has 0 aliphatic heterocycles. The standard InChI is InChI=1S/C16H27N3OS/c1-5-13(3)19-16(17)18-10-12(2)11-21-15-9-7-6-8-14(15)20-4/h6-9,12-13H,5,10-11H2,1-4H3,(H3,17,18,19). The molecule has 4 nitrogen and oxygen atoms in total. The quantitative estimate of drug-likeness (QED) is 0.440. The Labute approximate surface area is 132 Å². The molecule has 0 aliphatic rings. The first kappa shape index (κ1) is 17.7. The van der Waals surface area contributed by atoms with Gasteiger partial charge in [-0.2, -0.15) is 0 Å². The molecule has 0 radical (unpaired) electrons. The first-order valence-electron chi connectivity index (χ1n) is 7.39. The summed E-state index contributed by atoms with van der Waals surface area (Å²) in [6, 6.07) is 8.45. The number of benzene rings is 1. The van der Waals surface area contributed by atoms with E-state index in [4.69, 9.17) is 10.5 Å². The zero-order chi connectivity index (χ0) is 15.7. The molecule has 1 rings (SSSR count). The lowest BCUT2D eigenvalue weighted by atomic mass is 10.2. The Balaban J connectivity index is 2.40. The van der Waals surface area contributed by atoms with Gasteiger partial charge in [0.1, 0.15) is 5.75 Å². The minimum atomic E-state index is 0.368. The molecule has 0 saturated carbocycles. The maximum absolute atomic E-state index is 5.86. The number of methoxy groups -OCH3 is 1. The highest BCUT2D eigenvalue weighted by atomic mass is 32.2. The molecule has 0 fully saturated rings. The average molecular weight is 309 g/mol. The predicted molar refractivity (Wildman–Crippen MR) is 92.3 cm³/mol. The number of hydrogen-bond donors (Lipinski definition) is 2. The number of nitrogens with two attached hydrogens (primary N) is 1. The van der Waals surface area contributed by atoms with Gasteiger partial charge >= 0.3 is 0 Å². The number of rotatable bonds is 8. The Hall–Kier alpha value is -1.36. The van der Waals surface area contributed by atoms with E-state index in [-0.39, 0.29) is 0 Å². The third-order valence-corrected chi connectivity index (χ3v) is 4.56. The SMILES string of the molecule is CCC(C)NC(N)=NCC(C)CSc1ccccc1OC. The van der Waals surface area contributed by atoms with Crippen LogP contribution in [0.3, 0.4) is 0 Å². The molecular formula is C16H27N3OS. The van der Waals surface area contributed by atoms with Crippen LogP contribution in [0.1, 0.15) is 27.2 Å². The fourth-order valence-corrected chi connectivity index (χ4v) is 2.72. The summed E-state index contributed by atoms with van der Waals surface area (Å²) >= 11 is 1.79. The van der Waals surface area contributed by atoms with Crippen LogP contribution in [0.2, 0.25) is 0 Å². The molecule has 21 heavy (non-hydrogen) atoms. The lowest BCUT2D eigenvalue weighted by Gasteiger charge is -2.14. The Morgan fingerprint density at radius 2 is 2.10 bits per heavy atom. The third kappa shape index (κ3) is 6.76. The number of guanidine groups is 1. The monoisotopic (exact) mass is 309 g/mol. The summed E-state index contributed by atoms with van der Waals surface area (Å²) in [5.74, 6) is 2.91. The van der Waals surface area contributed by atoms with Gasteiger partial charge in [0, 0.05) is 23.2 Å². The van der Waals surface area contributed by atoms with Crippen LogP contribution in [0.15, 0.2) is 34.2 Å². The second kappa shape index (κ2) is 9.55. The van der Waals surface area contributed by atoms with E-state index in [2.05, 4.69) is 37.1 Å².